The third kappa shape index (κ3) is 3.97. The first-order chi connectivity index (χ1) is 12.4. The first kappa shape index (κ1) is 18.6. The molecule has 138 valence electrons. The fourth-order valence-electron chi connectivity index (χ4n) is 3.96. The van der Waals surface area contributed by atoms with Crippen LogP contribution >= 0.6 is 0 Å². The maximum Gasteiger partial charge on any atom is 0.238 e. The zero-order valence-electron chi connectivity index (χ0n) is 14.6. The second-order valence-electron chi connectivity index (χ2n) is 6.94. The lowest BCUT2D eigenvalue weighted by molar-refractivity contribution is -0.120. The van der Waals surface area contributed by atoms with E-state index in [-0.39, 0.29) is 22.6 Å². The summed E-state index contributed by atoms with van der Waals surface area (Å²) >= 11 is 0. The largest absolute Gasteiger partial charge is 0.369 e. The Morgan fingerprint density at radius 2 is 1.58 bits per heavy atom. The molecule has 1 aliphatic carbocycles. The van der Waals surface area contributed by atoms with Crippen LogP contribution in [0.15, 0.2) is 53.4 Å². The van der Waals surface area contributed by atoms with Gasteiger partial charge < -0.3 is 5.73 Å². The smallest absolute Gasteiger partial charge is 0.238 e. The quantitative estimate of drug-likeness (QED) is 0.842. The molecule has 2 aromatic carbocycles. The van der Waals surface area contributed by atoms with Crippen LogP contribution in [-0.2, 0) is 14.8 Å². The average molecular weight is 372 g/mol. The van der Waals surface area contributed by atoms with Crippen LogP contribution in [0.25, 0.3) is 11.1 Å². The van der Waals surface area contributed by atoms with Crippen molar-refractivity contribution in [3.8, 4) is 11.1 Å². The van der Waals surface area contributed by atoms with Gasteiger partial charge in [0.2, 0.25) is 15.9 Å². The third-order valence-corrected chi connectivity index (χ3v) is 6.17. The fourth-order valence-corrected chi connectivity index (χ4v) is 4.72. The molecule has 0 spiro atoms. The normalized spacial score (nSPS) is 17.0. The highest BCUT2D eigenvalue weighted by atomic mass is 32.2. The molecule has 5 nitrogen and oxygen atoms in total. The van der Waals surface area contributed by atoms with Crippen LogP contribution in [0.5, 0.6) is 0 Å². The van der Waals surface area contributed by atoms with Crippen molar-refractivity contribution in [2.45, 2.75) is 42.9 Å². The average Bonchev–Trinajstić information content (AvgIpc) is 2.62. The lowest BCUT2D eigenvalue weighted by Crippen LogP contribution is -2.29. The van der Waals surface area contributed by atoms with Crippen LogP contribution in [0.3, 0.4) is 0 Å². The van der Waals surface area contributed by atoms with Crippen molar-refractivity contribution >= 4 is 15.9 Å². The minimum atomic E-state index is -3.81. The van der Waals surface area contributed by atoms with E-state index in [1.165, 1.54) is 12.5 Å². The first-order valence-corrected chi connectivity index (χ1v) is 10.4. The number of carbonyl (C=O) groups excluding carboxylic acids is 1. The molecule has 2 aromatic rings. The lowest BCUT2D eigenvalue weighted by Gasteiger charge is -2.28. The minimum Gasteiger partial charge on any atom is -0.369 e. The number of primary sulfonamides is 1. The number of carbonyl (C=O) groups is 1. The van der Waals surface area contributed by atoms with Crippen molar-refractivity contribution in [2.75, 3.05) is 0 Å². The van der Waals surface area contributed by atoms with Crippen LogP contribution in [-0.4, -0.2) is 14.3 Å². The monoisotopic (exact) mass is 372 g/mol. The van der Waals surface area contributed by atoms with Gasteiger partial charge >= 0.3 is 0 Å². The highest BCUT2D eigenvalue weighted by Crippen LogP contribution is 2.37. The van der Waals surface area contributed by atoms with E-state index in [0.717, 1.165) is 36.8 Å². The molecule has 0 heterocycles. The van der Waals surface area contributed by atoms with Crippen molar-refractivity contribution in [1.82, 2.24) is 0 Å². The number of amides is 1. The van der Waals surface area contributed by atoms with Gasteiger partial charge in [-0.15, -0.1) is 0 Å². The SMILES string of the molecule is NC(=O)C(c1ccc(-c2ccccc2S(N)(=O)=O)cc1)C1CCCCC1. The molecule has 0 bridgehead atoms. The Morgan fingerprint density at radius 1 is 0.962 bits per heavy atom. The molecule has 0 radical (unpaired) electrons. The van der Waals surface area contributed by atoms with Gasteiger partial charge in [0.1, 0.15) is 0 Å². The molecule has 0 saturated heterocycles. The Kier molecular flexibility index (Phi) is 5.44. The van der Waals surface area contributed by atoms with E-state index in [9.17, 15) is 13.2 Å². The van der Waals surface area contributed by atoms with Crippen molar-refractivity contribution in [1.29, 1.82) is 0 Å². The lowest BCUT2D eigenvalue weighted by atomic mass is 9.76. The summed E-state index contributed by atoms with van der Waals surface area (Å²) in [5.74, 6) is -0.309. The Balaban J connectivity index is 1.95. The van der Waals surface area contributed by atoms with Crippen LogP contribution in [0.2, 0.25) is 0 Å². The molecular formula is C20H24N2O3S. The van der Waals surface area contributed by atoms with E-state index >= 15 is 0 Å². The van der Waals surface area contributed by atoms with E-state index in [1.54, 1.807) is 18.2 Å². The van der Waals surface area contributed by atoms with Gasteiger partial charge in [-0.05, 0) is 36.0 Å². The second kappa shape index (κ2) is 7.60. The molecular weight excluding hydrogens is 348 g/mol. The fraction of sp³-hybridized carbons (Fsp3) is 0.350. The van der Waals surface area contributed by atoms with Gasteiger partial charge in [-0.25, -0.2) is 13.6 Å². The van der Waals surface area contributed by atoms with Crippen LogP contribution in [0.4, 0.5) is 0 Å². The number of benzene rings is 2. The number of primary amides is 1. The molecule has 1 amide bonds. The van der Waals surface area contributed by atoms with Crippen LogP contribution in [0.1, 0.15) is 43.6 Å². The number of hydrogen-bond donors (Lipinski definition) is 2. The number of nitrogens with two attached hydrogens (primary N) is 2. The Labute approximate surface area is 154 Å². The van der Waals surface area contributed by atoms with Gasteiger partial charge in [-0.3, -0.25) is 4.79 Å². The van der Waals surface area contributed by atoms with E-state index in [4.69, 9.17) is 10.9 Å². The topological polar surface area (TPSA) is 103 Å². The summed E-state index contributed by atoms with van der Waals surface area (Å²) in [7, 11) is -3.81. The van der Waals surface area contributed by atoms with Crippen LogP contribution in [0, 0.1) is 5.92 Å². The Hall–Kier alpha value is -2.18. The predicted octanol–water partition coefficient (Wildman–Crippen LogP) is 3.15. The van der Waals surface area contributed by atoms with Crippen molar-refractivity contribution in [2.24, 2.45) is 16.8 Å². The van der Waals surface area contributed by atoms with Gasteiger partial charge in [-0.1, -0.05) is 61.7 Å². The molecule has 1 saturated carbocycles. The van der Waals surface area contributed by atoms with Crippen LogP contribution < -0.4 is 10.9 Å². The highest BCUT2D eigenvalue weighted by Gasteiger charge is 2.29. The molecule has 1 fully saturated rings. The summed E-state index contributed by atoms with van der Waals surface area (Å²) in [5.41, 5.74) is 7.88. The molecule has 1 unspecified atom stereocenters. The zero-order valence-corrected chi connectivity index (χ0v) is 15.4. The maximum atomic E-state index is 12.1. The van der Waals surface area contributed by atoms with Gasteiger partial charge in [-0.2, -0.15) is 0 Å². The predicted molar refractivity (Wildman–Crippen MR) is 102 cm³/mol. The summed E-state index contributed by atoms with van der Waals surface area (Å²) in [6, 6.07) is 14.0. The van der Waals surface area contributed by atoms with Gasteiger partial charge in [0.15, 0.2) is 0 Å². The molecule has 0 aromatic heterocycles. The molecule has 1 aliphatic rings. The molecule has 1 atom stereocenters. The number of sulfonamides is 1. The number of rotatable bonds is 5. The van der Waals surface area contributed by atoms with E-state index in [1.807, 2.05) is 24.3 Å². The van der Waals surface area contributed by atoms with Gasteiger partial charge in [0.25, 0.3) is 0 Å². The van der Waals surface area contributed by atoms with E-state index in [2.05, 4.69) is 0 Å². The minimum absolute atomic E-state index is 0.0893. The second-order valence-corrected chi connectivity index (χ2v) is 8.47. The summed E-state index contributed by atoms with van der Waals surface area (Å²) in [4.78, 5) is 12.2. The molecule has 0 aliphatic heterocycles. The summed E-state index contributed by atoms with van der Waals surface area (Å²) < 4.78 is 23.6. The van der Waals surface area contributed by atoms with Crippen molar-refractivity contribution in [3.05, 3.63) is 54.1 Å². The van der Waals surface area contributed by atoms with E-state index < -0.39 is 10.0 Å². The molecule has 6 heteroatoms. The molecule has 26 heavy (non-hydrogen) atoms. The summed E-state index contributed by atoms with van der Waals surface area (Å²) in [6.45, 7) is 0. The number of hydrogen-bond acceptors (Lipinski definition) is 3. The zero-order chi connectivity index (χ0) is 18.7. The summed E-state index contributed by atoms with van der Waals surface area (Å²) in [5, 5.41) is 5.32. The Morgan fingerprint density at radius 3 is 2.15 bits per heavy atom. The molecule has 4 N–H and O–H groups in total. The van der Waals surface area contributed by atoms with Gasteiger partial charge in [0, 0.05) is 5.56 Å². The van der Waals surface area contributed by atoms with Crippen molar-refractivity contribution in [3.63, 3.8) is 0 Å². The van der Waals surface area contributed by atoms with E-state index in [0.29, 0.717) is 5.56 Å². The standard InChI is InChI=1S/C20H24N2O3S/c21-20(23)19(15-6-2-1-3-7-15)16-12-10-14(11-13-16)17-8-4-5-9-18(17)26(22,24)25/h4-5,8-13,15,19H,1-3,6-7H2,(H2,21,23)(H2,22,24,25). The van der Waals surface area contributed by atoms with Crippen molar-refractivity contribution < 1.29 is 13.2 Å². The maximum absolute atomic E-state index is 12.1. The Bertz CT molecular complexity index is 886. The highest BCUT2D eigenvalue weighted by molar-refractivity contribution is 7.89. The summed E-state index contributed by atoms with van der Waals surface area (Å²) in [6.07, 6.45) is 5.51. The van der Waals surface area contributed by atoms with Gasteiger partial charge in [0.05, 0.1) is 10.8 Å². The third-order valence-electron chi connectivity index (χ3n) is 5.20. The molecule has 3 rings (SSSR count). The first-order valence-electron chi connectivity index (χ1n) is 8.89.